The van der Waals surface area contributed by atoms with Crippen LogP contribution in [0.3, 0.4) is 0 Å². The first-order chi connectivity index (χ1) is 11.8. The Bertz CT molecular complexity index is 781. The van der Waals surface area contributed by atoms with Crippen LogP contribution in [-0.4, -0.2) is 26.8 Å². The van der Waals surface area contributed by atoms with Crippen molar-refractivity contribution in [3.63, 3.8) is 0 Å². The van der Waals surface area contributed by atoms with Crippen LogP contribution in [0.2, 0.25) is 0 Å². The zero-order chi connectivity index (χ0) is 16.6. The van der Waals surface area contributed by atoms with Gasteiger partial charge >= 0.3 is 0 Å². The van der Waals surface area contributed by atoms with Gasteiger partial charge in [-0.1, -0.05) is 18.2 Å². The van der Waals surface area contributed by atoms with E-state index in [1.54, 1.807) is 12.4 Å². The van der Waals surface area contributed by atoms with E-state index in [0.29, 0.717) is 24.9 Å². The molecule has 7 nitrogen and oxygen atoms in total. The van der Waals surface area contributed by atoms with Gasteiger partial charge in [0.1, 0.15) is 5.75 Å². The molecule has 122 valence electrons. The molecule has 7 heteroatoms. The summed E-state index contributed by atoms with van der Waals surface area (Å²) in [6.45, 7) is 3.09. The summed E-state index contributed by atoms with van der Waals surface area (Å²) in [4.78, 5) is 8.66. The van der Waals surface area contributed by atoms with Gasteiger partial charge in [0.05, 0.1) is 30.7 Å². The Labute approximate surface area is 140 Å². The highest BCUT2D eigenvalue weighted by Crippen LogP contribution is 2.26. The number of anilines is 3. The number of hydrogen-bond donors (Lipinski definition) is 2. The molecule has 0 fully saturated rings. The largest absolute Gasteiger partial charge is 0.492 e. The van der Waals surface area contributed by atoms with Crippen LogP contribution < -0.4 is 15.4 Å². The van der Waals surface area contributed by atoms with Gasteiger partial charge < -0.3 is 15.4 Å². The molecule has 2 N–H and O–H groups in total. The van der Waals surface area contributed by atoms with E-state index in [-0.39, 0.29) is 0 Å². The fourth-order valence-corrected chi connectivity index (χ4v) is 2.10. The second kappa shape index (κ2) is 7.87. The topological polar surface area (TPSA) is 84.9 Å². The lowest BCUT2D eigenvalue weighted by Gasteiger charge is -2.11. The molecular weight excluding hydrogens is 304 g/mol. The summed E-state index contributed by atoms with van der Waals surface area (Å²) >= 11 is 0. The molecular formula is C17H18N6O. The van der Waals surface area contributed by atoms with Crippen molar-refractivity contribution in [3.05, 3.63) is 60.6 Å². The molecule has 1 aromatic carbocycles. The van der Waals surface area contributed by atoms with Crippen LogP contribution in [0, 0.1) is 0 Å². The Morgan fingerprint density at radius 2 is 1.96 bits per heavy atom. The summed E-state index contributed by atoms with van der Waals surface area (Å²) < 4.78 is 5.58. The summed E-state index contributed by atoms with van der Waals surface area (Å²) in [5.41, 5.74) is 1.72. The first kappa shape index (κ1) is 15.7. The second-order valence-corrected chi connectivity index (χ2v) is 4.89. The van der Waals surface area contributed by atoms with Gasteiger partial charge in [0, 0.05) is 6.20 Å². The predicted octanol–water partition coefficient (Wildman–Crippen LogP) is 3.02. The Morgan fingerprint density at radius 1 is 1.08 bits per heavy atom. The highest BCUT2D eigenvalue weighted by molar-refractivity contribution is 5.62. The third-order valence-corrected chi connectivity index (χ3v) is 3.17. The average Bonchev–Trinajstić information content (AvgIpc) is 2.63. The van der Waals surface area contributed by atoms with E-state index in [9.17, 15) is 0 Å². The van der Waals surface area contributed by atoms with Crippen LogP contribution in [0.15, 0.2) is 54.9 Å². The van der Waals surface area contributed by atoms with Crippen molar-refractivity contribution in [1.29, 1.82) is 0 Å². The van der Waals surface area contributed by atoms with Gasteiger partial charge in [-0.2, -0.15) is 10.1 Å². The Balaban J connectivity index is 1.69. The highest BCUT2D eigenvalue weighted by Gasteiger charge is 2.06. The van der Waals surface area contributed by atoms with Crippen LogP contribution in [0.5, 0.6) is 5.75 Å². The number of ether oxygens (including phenoxy) is 1. The van der Waals surface area contributed by atoms with Crippen LogP contribution >= 0.6 is 0 Å². The summed E-state index contributed by atoms with van der Waals surface area (Å²) in [7, 11) is 0. The molecule has 0 spiro atoms. The smallest absolute Gasteiger partial charge is 0.249 e. The highest BCUT2D eigenvalue weighted by atomic mass is 16.5. The van der Waals surface area contributed by atoms with Crippen molar-refractivity contribution in [2.24, 2.45) is 0 Å². The summed E-state index contributed by atoms with van der Waals surface area (Å²) in [6.07, 6.45) is 3.33. The summed E-state index contributed by atoms with van der Waals surface area (Å²) in [6, 6.07) is 13.4. The van der Waals surface area contributed by atoms with Crippen molar-refractivity contribution in [3.8, 4) is 5.75 Å². The number of aromatic nitrogens is 4. The van der Waals surface area contributed by atoms with E-state index < -0.39 is 0 Å². The zero-order valence-electron chi connectivity index (χ0n) is 13.3. The molecule has 3 aromatic rings. The SMILES string of the molecule is CCOc1ccccc1Nc1nncc(NCc2ccccn2)n1. The number of benzene rings is 1. The maximum Gasteiger partial charge on any atom is 0.249 e. The van der Waals surface area contributed by atoms with Crippen LogP contribution in [0.25, 0.3) is 0 Å². The minimum atomic E-state index is 0.396. The zero-order valence-corrected chi connectivity index (χ0v) is 13.3. The van der Waals surface area contributed by atoms with Crippen molar-refractivity contribution in [2.45, 2.75) is 13.5 Å². The number of nitrogens with one attached hydrogen (secondary N) is 2. The molecule has 2 aromatic heterocycles. The van der Waals surface area contributed by atoms with Gasteiger partial charge in [0.2, 0.25) is 5.95 Å². The fraction of sp³-hybridized carbons (Fsp3) is 0.176. The average molecular weight is 322 g/mol. The van der Waals surface area contributed by atoms with Crippen molar-refractivity contribution < 1.29 is 4.74 Å². The Morgan fingerprint density at radius 3 is 2.79 bits per heavy atom. The Kier molecular flexibility index (Phi) is 5.14. The van der Waals surface area contributed by atoms with E-state index in [1.807, 2.05) is 49.4 Å². The molecule has 0 amide bonds. The second-order valence-electron chi connectivity index (χ2n) is 4.89. The molecule has 24 heavy (non-hydrogen) atoms. The fourth-order valence-electron chi connectivity index (χ4n) is 2.10. The lowest BCUT2D eigenvalue weighted by Crippen LogP contribution is -2.07. The first-order valence-electron chi connectivity index (χ1n) is 7.67. The lowest BCUT2D eigenvalue weighted by atomic mass is 10.3. The summed E-state index contributed by atoms with van der Waals surface area (Å²) in [5.74, 6) is 1.76. The molecule has 0 unspecified atom stereocenters. The minimum absolute atomic E-state index is 0.396. The number of nitrogens with zero attached hydrogens (tertiary/aromatic N) is 4. The van der Waals surface area contributed by atoms with Crippen molar-refractivity contribution in [2.75, 3.05) is 17.2 Å². The van der Waals surface area contributed by atoms with Crippen molar-refractivity contribution >= 4 is 17.5 Å². The van der Waals surface area contributed by atoms with Crippen molar-refractivity contribution in [1.82, 2.24) is 20.2 Å². The third kappa shape index (κ3) is 4.16. The molecule has 2 heterocycles. The molecule has 0 saturated heterocycles. The molecule has 0 radical (unpaired) electrons. The molecule has 0 saturated carbocycles. The molecule has 0 aliphatic rings. The van der Waals surface area contributed by atoms with Gasteiger partial charge in [-0.25, -0.2) is 0 Å². The monoisotopic (exact) mass is 322 g/mol. The molecule has 0 atom stereocenters. The molecule has 3 rings (SSSR count). The van der Waals surface area contributed by atoms with E-state index in [4.69, 9.17) is 4.74 Å². The van der Waals surface area contributed by atoms with Gasteiger partial charge in [-0.3, -0.25) is 4.98 Å². The molecule has 0 aliphatic carbocycles. The molecule has 0 aliphatic heterocycles. The van der Waals surface area contributed by atoms with Crippen LogP contribution in [0.4, 0.5) is 17.5 Å². The normalized spacial score (nSPS) is 10.2. The maximum atomic E-state index is 5.58. The number of pyridine rings is 1. The van der Waals surface area contributed by atoms with Gasteiger partial charge in [-0.15, -0.1) is 5.10 Å². The predicted molar refractivity (Wildman–Crippen MR) is 92.3 cm³/mol. The number of hydrogen-bond acceptors (Lipinski definition) is 7. The first-order valence-corrected chi connectivity index (χ1v) is 7.67. The van der Waals surface area contributed by atoms with E-state index in [0.717, 1.165) is 17.1 Å². The van der Waals surface area contributed by atoms with Gasteiger partial charge in [0.25, 0.3) is 0 Å². The van der Waals surface area contributed by atoms with Gasteiger partial charge in [0.15, 0.2) is 5.82 Å². The third-order valence-electron chi connectivity index (χ3n) is 3.17. The minimum Gasteiger partial charge on any atom is -0.492 e. The maximum absolute atomic E-state index is 5.58. The quantitative estimate of drug-likeness (QED) is 0.691. The summed E-state index contributed by atoms with van der Waals surface area (Å²) in [5, 5.41) is 14.3. The number of rotatable bonds is 7. The van der Waals surface area contributed by atoms with E-state index in [2.05, 4.69) is 30.8 Å². The van der Waals surface area contributed by atoms with Crippen LogP contribution in [0.1, 0.15) is 12.6 Å². The standard InChI is InChI=1S/C17H18N6O/c1-2-24-15-9-4-3-8-14(15)21-17-22-16(12-20-23-17)19-11-13-7-5-6-10-18-13/h3-10,12H,2,11H2,1H3,(H2,19,21,22,23). The molecule has 0 bridgehead atoms. The van der Waals surface area contributed by atoms with E-state index in [1.165, 1.54) is 0 Å². The van der Waals surface area contributed by atoms with E-state index >= 15 is 0 Å². The lowest BCUT2D eigenvalue weighted by molar-refractivity contribution is 0.342. The van der Waals surface area contributed by atoms with Gasteiger partial charge in [-0.05, 0) is 31.2 Å². The van der Waals surface area contributed by atoms with Crippen LogP contribution in [-0.2, 0) is 6.54 Å². The number of para-hydroxylation sites is 2. The Hall–Kier alpha value is -3.22.